The maximum absolute atomic E-state index is 13.3. The van der Waals surface area contributed by atoms with Gasteiger partial charge in [-0.15, -0.1) is 0 Å². The number of nitrogens with one attached hydrogen (secondary N) is 1. The number of aromatic nitrogens is 3. The first-order valence-corrected chi connectivity index (χ1v) is 8.10. The molecule has 1 saturated heterocycles. The summed E-state index contributed by atoms with van der Waals surface area (Å²) in [6.07, 6.45) is 5.10. The van der Waals surface area contributed by atoms with Gasteiger partial charge in [0.15, 0.2) is 5.65 Å². The zero-order valence-corrected chi connectivity index (χ0v) is 12.9. The van der Waals surface area contributed by atoms with E-state index in [-0.39, 0.29) is 5.82 Å². The number of fused-ring (bicyclic) bond motifs is 1. The molecule has 3 heterocycles. The van der Waals surface area contributed by atoms with Crippen molar-refractivity contribution in [2.24, 2.45) is 5.92 Å². The van der Waals surface area contributed by atoms with E-state index in [1.165, 1.54) is 25.0 Å². The first kappa shape index (κ1) is 14.3. The van der Waals surface area contributed by atoms with E-state index in [9.17, 15) is 4.39 Å². The molecule has 1 aromatic carbocycles. The first-order valence-electron chi connectivity index (χ1n) is 8.10. The van der Waals surface area contributed by atoms with Gasteiger partial charge in [0.1, 0.15) is 17.2 Å². The van der Waals surface area contributed by atoms with Crippen LogP contribution in [0.15, 0.2) is 42.6 Å². The summed E-state index contributed by atoms with van der Waals surface area (Å²) in [7, 11) is 0. The molecule has 0 amide bonds. The van der Waals surface area contributed by atoms with Gasteiger partial charge in [0, 0.05) is 18.3 Å². The van der Waals surface area contributed by atoms with Crippen molar-refractivity contribution in [3.05, 3.63) is 54.2 Å². The normalized spacial score (nSPS) is 18.4. The zero-order chi connectivity index (χ0) is 15.6. The molecule has 0 saturated carbocycles. The summed E-state index contributed by atoms with van der Waals surface area (Å²) < 4.78 is 15.3. The van der Waals surface area contributed by atoms with Crippen LogP contribution >= 0.6 is 0 Å². The summed E-state index contributed by atoms with van der Waals surface area (Å²) >= 11 is 0. The van der Waals surface area contributed by atoms with Crippen LogP contribution in [0.3, 0.4) is 0 Å². The van der Waals surface area contributed by atoms with Gasteiger partial charge in [0.05, 0.1) is 0 Å². The lowest BCUT2D eigenvalue weighted by molar-refractivity contribution is 0.370. The third-order valence-electron chi connectivity index (χ3n) is 4.44. The second-order valence-corrected chi connectivity index (χ2v) is 6.10. The number of hydrogen-bond acceptors (Lipinski definition) is 3. The molecule has 2 aromatic heterocycles. The third kappa shape index (κ3) is 2.84. The summed E-state index contributed by atoms with van der Waals surface area (Å²) in [6, 6.07) is 10.4. The van der Waals surface area contributed by atoms with Crippen LogP contribution in [0.25, 0.3) is 16.9 Å². The van der Waals surface area contributed by atoms with Crippen molar-refractivity contribution in [3.8, 4) is 5.69 Å². The predicted molar refractivity (Wildman–Crippen MR) is 88.1 cm³/mol. The van der Waals surface area contributed by atoms with Crippen LogP contribution in [0.5, 0.6) is 0 Å². The molecule has 0 radical (unpaired) electrons. The molecule has 3 aromatic rings. The predicted octanol–water partition coefficient (Wildman–Crippen LogP) is 3.10. The second-order valence-electron chi connectivity index (χ2n) is 6.10. The molecular weight excluding hydrogens is 291 g/mol. The van der Waals surface area contributed by atoms with E-state index in [0.717, 1.165) is 42.2 Å². The smallest absolute Gasteiger partial charge is 0.164 e. The molecule has 1 fully saturated rings. The highest BCUT2D eigenvalue weighted by Crippen LogP contribution is 2.24. The quantitative estimate of drug-likeness (QED) is 0.808. The molecule has 0 bridgehead atoms. The Kier molecular flexibility index (Phi) is 3.79. The van der Waals surface area contributed by atoms with Crippen LogP contribution in [-0.4, -0.2) is 27.6 Å². The second kappa shape index (κ2) is 6.08. The molecule has 23 heavy (non-hydrogen) atoms. The Bertz CT molecular complexity index is 804. The largest absolute Gasteiger partial charge is 0.316 e. The van der Waals surface area contributed by atoms with Gasteiger partial charge < -0.3 is 5.32 Å². The average Bonchev–Trinajstić information content (AvgIpc) is 2.94. The van der Waals surface area contributed by atoms with Gasteiger partial charge in [0.2, 0.25) is 0 Å². The number of halogens is 1. The van der Waals surface area contributed by atoms with E-state index >= 15 is 0 Å². The highest BCUT2D eigenvalue weighted by atomic mass is 19.1. The topological polar surface area (TPSA) is 42.7 Å². The van der Waals surface area contributed by atoms with Gasteiger partial charge in [-0.3, -0.25) is 4.57 Å². The molecule has 0 spiro atoms. The van der Waals surface area contributed by atoms with Gasteiger partial charge in [-0.05, 0) is 68.2 Å². The SMILES string of the molecule is Fc1ccc(-n2c(CC3CCCNC3)nc3cccnc32)cc1. The molecule has 0 aliphatic carbocycles. The maximum atomic E-state index is 13.3. The maximum Gasteiger partial charge on any atom is 0.164 e. The zero-order valence-electron chi connectivity index (χ0n) is 12.9. The van der Waals surface area contributed by atoms with Crippen molar-refractivity contribution in [2.75, 3.05) is 13.1 Å². The number of pyridine rings is 1. The van der Waals surface area contributed by atoms with Crippen molar-refractivity contribution in [2.45, 2.75) is 19.3 Å². The minimum atomic E-state index is -0.232. The lowest BCUT2D eigenvalue weighted by Gasteiger charge is -2.22. The van der Waals surface area contributed by atoms with Crippen LogP contribution in [0.2, 0.25) is 0 Å². The molecule has 118 valence electrons. The summed E-state index contributed by atoms with van der Waals surface area (Å²) in [6.45, 7) is 2.13. The van der Waals surface area contributed by atoms with Gasteiger partial charge in [0.25, 0.3) is 0 Å². The van der Waals surface area contributed by atoms with Crippen molar-refractivity contribution in [1.82, 2.24) is 19.9 Å². The van der Waals surface area contributed by atoms with Gasteiger partial charge in [-0.1, -0.05) is 0 Å². The first-order chi connectivity index (χ1) is 11.3. The number of hydrogen-bond donors (Lipinski definition) is 1. The third-order valence-corrected chi connectivity index (χ3v) is 4.44. The molecule has 1 aliphatic heterocycles. The lowest BCUT2D eigenvalue weighted by Crippen LogP contribution is -2.31. The molecule has 4 nitrogen and oxygen atoms in total. The van der Waals surface area contributed by atoms with E-state index in [1.54, 1.807) is 18.3 Å². The highest BCUT2D eigenvalue weighted by molar-refractivity contribution is 5.73. The lowest BCUT2D eigenvalue weighted by atomic mass is 9.96. The Labute approximate surface area is 134 Å². The highest BCUT2D eigenvalue weighted by Gasteiger charge is 2.19. The average molecular weight is 310 g/mol. The van der Waals surface area contributed by atoms with Crippen molar-refractivity contribution >= 4 is 11.2 Å². The van der Waals surface area contributed by atoms with Crippen LogP contribution < -0.4 is 5.32 Å². The minimum Gasteiger partial charge on any atom is -0.316 e. The van der Waals surface area contributed by atoms with Crippen LogP contribution in [0.1, 0.15) is 18.7 Å². The molecule has 5 heteroatoms. The number of benzene rings is 1. The van der Waals surface area contributed by atoms with E-state index in [2.05, 4.69) is 14.9 Å². The Morgan fingerprint density at radius 2 is 2.09 bits per heavy atom. The molecule has 4 rings (SSSR count). The molecule has 1 aliphatic rings. The number of nitrogens with zero attached hydrogens (tertiary/aromatic N) is 3. The number of piperidine rings is 1. The summed E-state index contributed by atoms with van der Waals surface area (Å²) in [5.41, 5.74) is 2.62. The van der Waals surface area contributed by atoms with Gasteiger partial charge >= 0.3 is 0 Å². The summed E-state index contributed by atoms with van der Waals surface area (Å²) in [4.78, 5) is 9.27. The fourth-order valence-electron chi connectivity index (χ4n) is 3.31. The molecular formula is C18H19FN4. The van der Waals surface area contributed by atoms with E-state index < -0.39 is 0 Å². The minimum absolute atomic E-state index is 0.232. The molecule has 1 N–H and O–H groups in total. The fourth-order valence-corrected chi connectivity index (χ4v) is 3.31. The van der Waals surface area contributed by atoms with Gasteiger partial charge in [-0.25, -0.2) is 14.4 Å². The van der Waals surface area contributed by atoms with Crippen LogP contribution in [-0.2, 0) is 6.42 Å². The monoisotopic (exact) mass is 310 g/mol. The van der Waals surface area contributed by atoms with Gasteiger partial charge in [-0.2, -0.15) is 0 Å². The van der Waals surface area contributed by atoms with E-state index in [4.69, 9.17) is 4.98 Å². The molecule has 1 unspecified atom stereocenters. The standard InChI is InChI=1S/C18H19FN4/c19-14-5-7-15(8-6-14)23-17(11-13-3-1-9-20-12-13)22-16-4-2-10-21-18(16)23/h2,4-8,10,13,20H,1,3,9,11-12H2. The number of rotatable bonds is 3. The Morgan fingerprint density at radius 1 is 1.22 bits per heavy atom. The summed E-state index contributed by atoms with van der Waals surface area (Å²) in [5.74, 6) is 1.35. The van der Waals surface area contributed by atoms with E-state index in [1.807, 2.05) is 12.1 Å². The Balaban J connectivity index is 1.79. The Hall–Kier alpha value is -2.27. The van der Waals surface area contributed by atoms with Crippen molar-refractivity contribution < 1.29 is 4.39 Å². The number of imidazole rings is 1. The van der Waals surface area contributed by atoms with Crippen LogP contribution in [0.4, 0.5) is 4.39 Å². The van der Waals surface area contributed by atoms with Crippen molar-refractivity contribution in [1.29, 1.82) is 0 Å². The summed E-state index contributed by atoms with van der Waals surface area (Å²) in [5, 5.41) is 3.45. The van der Waals surface area contributed by atoms with E-state index in [0.29, 0.717) is 5.92 Å². The van der Waals surface area contributed by atoms with Crippen molar-refractivity contribution in [3.63, 3.8) is 0 Å². The Morgan fingerprint density at radius 3 is 2.87 bits per heavy atom. The fraction of sp³-hybridized carbons (Fsp3) is 0.333. The molecule has 1 atom stereocenters. The van der Waals surface area contributed by atoms with Crippen LogP contribution in [0, 0.1) is 11.7 Å².